The molecule has 3 atom stereocenters. The van der Waals surface area contributed by atoms with Crippen LogP contribution in [0.25, 0.3) is 5.69 Å². The number of fused-ring (bicyclic) bond motifs is 5. The second-order valence-corrected chi connectivity index (χ2v) is 9.23. The number of aromatic nitrogens is 1. The number of hydrogen-bond acceptors (Lipinski definition) is 3. The molecule has 2 fully saturated rings. The van der Waals surface area contributed by atoms with E-state index in [1.54, 1.807) is 0 Å². The number of aryl methyl sites for hydroxylation is 1. The number of nitrogens with zero attached hydrogens (tertiary/aromatic N) is 2. The number of rotatable bonds is 2. The normalized spacial score (nSPS) is 27.6. The Kier molecular flexibility index (Phi) is 3.89. The third-order valence-corrected chi connectivity index (χ3v) is 6.87. The number of hydrogen-bond donors (Lipinski definition) is 1. The van der Waals surface area contributed by atoms with Crippen molar-refractivity contribution < 1.29 is 9.53 Å². The predicted molar refractivity (Wildman–Crippen MR) is 109 cm³/mol. The van der Waals surface area contributed by atoms with Gasteiger partial charge in [0.25, 0.3) is 5.91 Å². The average molecular weight is 380 g/mol. The SMILES string of the molecule is Cc1cc(C(=O)NC2C[C@H]3CC[C@@H](C2)N3C)c2c(c1)-n1cccc1C(C)(C)O2. The molecule has 0 saturated carbocycles. The maximum Gasteiger partial charge on any atom is 0.255 e. The van der Waals surface area contributed by atoms with Crippen molar-refractivity contribution in [2.24, 2.45) is 0 Å². The monoisotopic (exact) mass is 379 g/mol. The van der Waals surface area contributed by atoms with Crippen LogP contribution in [-0.2, 0) is 5.60 Å². The van der Waals surface area contributed by atoms with Crippen LogP contribution in [0.3, 0.4) is 0 Å². The van der Waals surface area contributed by atoms with E-state index in [0.717, 1.165) is 29.8 Å². The van der Waals surface area contributed by atoms with E-state index < -0.39 is 5.60 Å². The molecule has 1 aromatic heterocycles. The Morgan fingerprint density at radius 3 is 2.64 bits per heavy atom. The van der Waals surface area contributed by atoms with Crippen LogP contribution < -0.4 is 10.1 Å². The molecule has 2 bridgehead atoms. The molecular weight excluding hydrogens is 350 g/mol. The van der Waals surface area contributed by atoms with E-state index in [2.05, 4.69) is 47.8 Å². The molecule has 28 heavy (non-hydrogen) atoms. The van der Waals surface area contributed by atoms with Gasteiger partial charge in [0.05, 0.1) is 16.9 Å². The third-order valence-electron chi connectivity index (χ3n) is 6.87. The summed E-state index contributed by atoms with van der Waals surface area (Å²) in [6.45, 7) is 6.14. The van der Waals surface area contributed by atoms with E-state index >= 15 is 0 Å². The Balaban J connectivity index is 1.48. The summed E-state index contributed by atoms with van der Waals surface area (Å²) in [5.41, 5.74) is 3.29. The molecule has 1 amide bonds. The first-order chi connectivity index (χ1) is 13.3. The second kappa shape index (κ2) is 6.11. The van der Waals surface area contributed by atoms with Crippen LogP contribution in [-0.4, -0.2) is 40.5 Å². The lowest BCUT2D eigenvalue weighted by Gasteiger charge is -2.37. The minimum atomic E-state index is -0.479. The number of nitrogens with one attached hydrogen (secondary N) is 1. The molecule has 3 aliphatic rings. The number of ether oxygens (including phenoxy) is 1. The summed E-state index contributed by atoms with van der Waals surface area (Å²) in [5.74, 6) is 0.674. The van der Waals surface area contributed by atoms with Crippen molar-refractivity contribution in [3.8, 4) is 11.4 Å². The number of amides is 1. The molecular formula is C23H29N3O2. The average Bonchev–Trinajstić information content (AvgIpc) is 3.19. The van der Waals surface area contributed by atoms with Gasteiger partial charge in [-0.15, -0.1) is 0 Å². The van der Waals surface area contributed by atoms with Gasteiger partial charge in [0, 0.05) is 24.3 Å². The first kappa shape index (κ1) is 17.8. The first-order valence-corrected chi connectivity index (χ1v) is 10.4. The fourth-order valence-electron chi connectivity index (χ4n) is 5.39. The van der Waals surface area contributed by atoms with E-state index in [9.17, 15) is 4.79 Å². The van der Waals surface area contributed by atoms with Gasteiger partial charge in [-0.2, -0.15) is 0 Å². The van der Waals surface area contributed by atoms with E-state index in [-0.39, 0.29) is 11.9 Å². The van der Waals surface area contributed by atoms with E-state index in [0.29, 0.717) is 23.4 Å². The van der Waals surface area contributed by atoms with Gasteiger partial charge in [-0.3, -0.25) is 4.79 Å². The Morgan fingerprint density at radius 1 is 1.21 bits per heavy atom. The zero-order chi connectivity index (χ0) is 19.6. The predicted octanol–water partition coefficient (Wildman–Crippen LogP) is 3.77. The van der Waals surface area contributed by atoms with Gasteiger partial charge >= 0.3 is 0 Å². The summed E-state index contributed by atoms with van der Waals surface area (Å²) >= 11 is 0. The lowest BCUT2D eigenvalue weighted by Crippen LogP contribution is -2.48. The van der Waals surface area contributed by atoms with Gasteiger partial charge in [0.15, 0.2) is 5.75 Å². The summed E-state index contributed by atoms with van der Waals surface area (Å²) in [6.07, 6.45) is 6.64. The maximum atomic E-state index is 13.3. The van der Waals surface area contributed by atoms with Crippen LogP contribution in [0.1, 0.15) is 61.1 Å². The largest absolute Gasteiger partial charge is 0.479 e. The van der Waals surface area contributed by atoms with Gasteiger partial charge in [0.2, 0.25) is 0 Å². The van der Waals surface area contributed by atoms with Crippen molar-refractivity contribution in [1.29, 1.82) is 0 Å². The standard InChI is InChI=1S/C23H29N3O2/c1-14-10-18(22(27)24-15-12-16-7-8-17(13-15)25(16)4)21-19(11-14)26-9-5-6-20(26)23(2,3)28-21/h5-6,9-11,15-17H,7-8,12-13H2,1-4H3,(H,24,27)/t15?,16-,17+. The molecule has 1 N–H and O–H groups in total. The zero-order valence-electron chi connectivity index (χ0n) is 17.2. The highest BCUT2D eigenvalue weighted by Gasteiger charge is 2.40. The van der Waals surface area contributed by atoms with Crippen LogP contribution in [0.15, 0.2) is 30.5 Å². The smallest absolute Gasteiger partial charge is 0.255 e. The fraction of sp³-hybridized carbons (Fsp3) is 0.522. The summed E-state index contributed by atoms with van der Waals surface area (Å²) in [6, 6.07) is 9.63. The van der Waals surface area contributed by atoms with Gasteiger partial charge < -0.3 is 19.5 Å². The summed E-state index contributed by atoms with van der Waals surface area (Å²) in [4.78, 5) is 15.8. The molecule has 0 aliphatic carbocycles. The lowest BCUT2D eigenvalue weighted by molar-refractivity contribution is 0.0810. The molecule has 4 heterocycles. The van der Waals surface area contributed by atoms with Gasteiger partial charge in [-0.1, -0.05) is 0 Å². The number of piperidine rings is 1. The highest BCUT2D eigenvalue weighted by atomic mass is 16.5. The quantitative estimate of drug-likeness (QED) is 0.864. The highest BCUT2D eigenvalue weighted by Crippen LogP contribution is 2.42. The van der Waals surface area contributed by atoms with Crippen LogP contribution in [0, 0.1) is 6.92 Å². The molecule has 0 spiro atoms. The Labute approximate surface area is 166 Å². The highest BCUT2D eigenvalue weighted by molar-refractivity contribution is 5.98. The van der Waals surface area contributed by atoms with Crippen molar-refractivity contribution in [2.45, 2.75) is 70.2 Å². The second-order valence-electron chi connectivity index (χ2n) is 9.23. The first-order valence-electron chi connectivity index (χ1n) is 10.4. The van der Waals surface area contributed by atoms with Gasteiger partial charge in [-0.05, 0) is 83.3 Å². The molecule has 1 aromatic carbocycles. The van der Waals surface area contributed by atoms with Crippen molar-refractivity contribution in [1.82, 2.24) is 14.8 Å². The topological polar surface area (TPSA) is 46.5 Å². The third kappa shape index (κ3) is 2.67. The van der Waals surface area contributed by atoms with E-state index in [1.807, 2.05) is 25.3 Å². The lowest BCUT2D eigenvalue weighted by atomic mass is 9.96. The molecule has 1 unspecified atom stereocenters. The van der Waals surface area contributed by atoms with Gasteiger partial charge in [-0.25, -0.2) is 0 Å². The van der Waals surface area contributed by atoms with Gasteiger partial charge in [0.1, 0.15) is 5.60 Å². The summed E-state index contributed by atoms with van der Waals surface area (Å²) < 4.78 is 8.53. The van der Waals surface area contributed by atoms with Crippen molar-refractivity contribution >= 4 is 5.91 Å². The van der Waals surface area contributed by atoms with Crippen LogP contribution in [0.2, 0.25) is 0 Å². The molecule has 5 rings (SSSR count). The van der Waals surface area contributed by atoms with E-state index in [1.165, 1.54) is 12.8 Å². The van der Waals surface area contributed by atoms with Crippen LogP contribution in [0.5, 0.6) is 5.75 Å². The molecule has 148 valence electrons. The molecule has 2 saturated heterocycles. The summed E-state index contributed by atoms with van der Waals surface area (Å²) in [7, 11) is 2.22. The van der Waals surface area contributed by atoms with E-state index in [4.69, 9.17) is 4.74 Å². The van der Waals surface area contributed by atoms with Crippen molar-refractivity contribution in [3.63, 3.8) is 0 Å². The zero-order valence-corrected chi connectivity index (χ0v) is 17.2. The Morgan fingerprint density at radius 2 is 1.93 bits per heavy atom. The Hall–Kier alpha value is -2.27. The fourth-order valence-corrected chi connectivity index (χ4v) is 5.39. The van der Waals surface area contributed by atoms with Crippen molar-refractivity contribution in [2.75, 3.05) is 7.05 Å². The minimum absolute atomic E-state index is 0.0136. The number of benzene rings is 1. The molecule has 0 radical (unpaired) electrons. The van der Waals surface area contributed by atoms with Crippen LogP contribution in [0.4, 0.5) is 0 Å². The number of carbonyl (C=O) groups excluding carboxylic acids is 1. The minimum Gasteiger partial charge on any atom is -0.479 e. The molecule has 5 nitrogen and oxygen atoms in total. The molecule has 5 heteroatoms. The number of carbonyl (C=O) groups is 1. The summed E-state index contributed by atoms with van der Waals surface area (Å²) in [5, 5.41) is 3.32. The maximum absolute atomic E-state index is 13.3. The molecule has 2 aromatic rings. The Bertz CT molecular complexity index is 931. The molecule has 3 aliphatic heterocycles. The van der Waals surface area contributed by atoms with Crippen LogP contribution >= 0.6 is 0 Å². The van der Waals surface area contributed by atoms with Crippen molar-refractivity contribution in [3.05, 3.63) is 47.3 Å².